The minimum atomic E-state index is -0.541. The molecule has 0 bridgehead atoms. The van der Waals surface area contributed by atoms with Crippen LogP contribution in [0.2, 0.25) is 0 Å². The summed E-state index contributed by atoms with van der Waals surface area (Å²) in [7, 11) is 0. The number of rotatable bonds is 8. The van der Waals surface area contributed by atoms with Crippen LogP contribution in [0.3, 0.4) is 0 Å². The molecule has 3 rings (SSSR count). The lowest BCUT2D eigenvalue weighted by molar-refractivity contribution is -0.120. The van der Waals surface area contributed by atoms with Crippen molar-refractivity contribution in [2.75, 3.05) is 6.61 Å². The average Bonchev–Trinajstić information content (AvgIpc) is 2.84. The van der Waals surface area contributed by atoms with Crippen molar-refractivity contribution in [1.82, 2.24) is 16.2 Å². The number of carbonyl (C=O) groups is 2. The third-order valence-electron chi connectivity index (χ3n) is 5.13. The number of carbonyl (C=O) groups excluding carboxylic acids is 2. The van der Waals surface area contributed by atoms with Gasteiger partial charge in [-0.05, 0) is 59.9 Å². The van der Waals surface area contributed by atoms with Gasteiger partial charge in [-0.15, -0.1) is 0 Å². The topological polar surface area (TPSA) is 79.5 Å². The van der Waals surface area contributed by atoms with E-state index in [-0.39, 0.29) is 16.9 Å². The molecule has 0 aromatic heterocycles. The number of hydrazine groups is 1. The van der Waals surface area contributed by atoms with Gasteiger partial charge in [-0.2, -0.15) is 0 Å². The van der Waals surface area contributed by atoms with E-state index in [9.17, 15) is 9.59 Å². The van der Waals surface area contributed by atoms with Gasteiger partial charge in [0.15, 0.2) is 5.11 Å². The number of nitrogens with one attached hydrogen (secondary N) is 3. The summed E-state index contributed by atoms with van der Waals surface area (Å²) < 4.78 is 5.67. The van der Waals surface area contributed by atoms with E-state index in [2.05, 4.69) is 30.0 Å². The van der Waals surface area contributed by atoms with Gasteiger partial charge in [0.25, 0.3) is 5.91 Å². The maximum Gasteiger partial charge on any atom is 0.269 e. The van der Waals surface area contributed by atoms with Crippen molar-refractivity contribution in [3.63, 3.8) is 0 Å². The Kier molecular flexibility index (Phi) is 9.17. The Bertz CT molecular complexity index is 1050. The predicted molar refractivity (Wildman–Crippen MR) is 137 cm³/mol. The summed E-state index contributed by atoms with van der Waals surface area (Å²) in [6.07, 6.45) is 0.963. The van der Waals surface area contributed by atoms with Crippen molar-refractivity contribution >= 4 is 29.1 Å². The summed E-state index contributed by atoms with van der Waals surface area (Å²) in [6.45, 7) is 4.91. The largest absolute Gasteiger partial charge is 0.494 e. The van der Waals surface area contributed by atoms with Gasteiger partial charge in [-0.25, -0.2) is 0 Å². The van der Waals surface area contributed by atoms with Crippen LogP contribution in [0, 0.1) is 5.92 Å². The van der Waals surface area contributed by atoms with Gasteiger partial charge in [-0.3, -0.25) is 20.4 Å². The number of benzene rings is 3. The third-order valence-corrected chi connectivity index (χ3v) is 5.34. The van der Waals surface area contributed by atoms with Crippen molar-refractivity contribution in [3.8, 4) is 5.75 Å². The Morgan fingerprint density at radius 1 is 0.824 bits per heavy atom. The minimum Gasteiger partial charge on any atom is -0.494 e. The zero-order chi connectivity index (χ0) is 24.3. The molecular weight excluding hydrogens is 446 g/mol. The molecule has 7 heteroatoms. The smallest absolute Gasteiger partial charge is 0.269 e. The molecule has 0 unspecified atom stereocenters. The fourth-order valence-electron chi connectivity index (χ4n) is 3.30. The van der Waals surface area contributed by atoms with Crippen molar-refractivity contribution in [2.24, 2.45) is 5.92 Å². The van der Waals surface area contributed by atoms with Crippen LogP contribution in [0.1, 0.15) is 47.7 Å². The Balaban J connectivity index is 1.55. The number of thiocarbonyl (C=S) groups is 1. The molecule has 0 heterocycles. The normalized spacial score (nSPS) is 10.6. The van der Waals surface area contributed by atoms with Crippen LogP contribution in [-0.2, 0) is 4.79 Å². The van der Waals surface area contributed by atoms with Crippen LogP contribution in [0.4, 0.5) is 0 Å². The summed E-state index contributed by atoms with van der Waals surface area (Å²) in [5.41, 5.74) is 7.23. The lowest BCUT2D eigenvalue weighted by Crippen LogP contribution is -2.49. The summed E-state index contributed by atoms with van der Waals surface area (Å²) in [4.78, 5) is 25.5. The quantitative estimate of drug-likeness (QED) is 0.328. The van der Waals surface area contributed by atoms with E-state index in [4.69, 9.17) is 17.0 Å². The highest BCUT2D eigenvalue weighted by Crippen LogP contribution is 2.24. The molecule has 176 valence electrons. The second kappa shape index (κ2) is 12.5. The maximum atomic E-state index is 13.1. The van der Waals surface area contributed by atoms with Crippen molar-refractivity contribution < 1.29 is 14.3 Å². The lowest BCUT2D eigenvalue weighted by Gasteiger charge is -2.19. The molecule has 0 aliphatic heterocycles. The van der Waals surface area contributed by atoms with E-state index in [1.165, 1.54) is 0 Å². The zero-order valence-corrected chi connectivity index (χ0v) is 20.1. The Labute approximate surface area is 205 Å². The molecule has 0 atom stereocenters. The Morgan fingerprint density at radius 2 is 1.38 bits per heavy atom. The molecule has 3 N–H and O–H groups in total. The van der Waals surface area contributed by atoms with E-state index >= 15 is 0 Å². The molecule has 34 heavy (non-hydrogen) atoms. The first-order chi connectivity index (χ1) is 16.4. The lowest BCUT2D eigenvalue weighted by atomic mass is 9.90. The number of amides is 2. The SMILES string of the molecule is CC(C)CCOc1ccc(C(=O)NNC(=S)NC(=O)C(c2ccccc2)c2ccccc2)cc1. The van der Waals surface area contributed by atoms with Crippen molar-refractivity contribution in [1.29, 1.82) is 0 Å². The van der Waals surface area contributed by atoms with E-state index < -0.39 is 5.92 Å². The monoisotopic (exact) mass is 475 g/mol. The fourth-order valence-corrected chi connectivity index (χ4v) is 3.45. The molecule has 0 fully saturated rings. The van der Waals surface area contributed by atoms with Crippen LogP contribution in [-0.4, -0.2) is 23.5 Å². The first-order valence-corrected chi connectivity index (χ1v) is 11.6. The standard InChI is InChI=1S/C27H29N3O3S/c1-19(2)17-18-33-23-15-13-22(14-16-23)25(31)29-30-27(34)28-26(32)24(20-9-5-3-6-10-20)21-11-7-4-8-12-21/h3-16,19,24H,17-18H2,1-2H3,(H,29,31)(H2,28,30,32,34). The average molecular weight is 476 g/mol. The Morgan fingerprint density at radius 3 is 1.91 bits per heavy atom. The predicted octanol–water partition coefficient (Wildman–Crippen LogP) is 4.58. The second-order valence-corrected chi connectivity index (χ2v) is 8.62. The molecule has 0 saturated heterocycles. The molecule has 0 aliphatic rings. The van der Waals surface area contributed by atoms with E-state index in [1.807, 2.05) is 60.7 Å². The highest BCUT2D eigenvalue weighted by molar-refractivity contribution is 7.80. The van der Waals surface area contributed by atoms with Crippen LogP contribution in [0.15, 0.2) is 84.9 Å². The molecular formula is C27H29N3O3S. The van der Waals surface area contributed by atoms with Gasteiger partial charge in [0, 0.05) is 5.56 Å². The highest BCUT2D eigenvalue weighted by atomic mass is 32.1. The van der Waals surface area contributed by atoms with Crippen molar-refractivity contribution in [2.45, 2.75) is 26.2 Å². The minimum absolute atomic E-state index is 0.00357. The summed E-state index contributed by atoms with van der Waals surface area (Å²) in [5.74, 6) is 0.0538. The number of hydrogen-bond donors (Lipinski definition) is 3. The van der Waals surface area contributed by atoms with Gasteiger partial charge >= 0.3 is 0 Å². The molecule has 0 saturated carbocycles. The molecule has 3 aromatic rings. The van der Waals surface area contributed by atoms with Crippen LogP contribution in [0.25, 0.3) is 0 Å². The maximum absolute atomic E-state index is 13.1. The summed E-state index contributed by atoms with van der Waals surface area (Å²) in [5, 5.41) is 2.68. The van der Waals surface area contributed by atoms with Crippen LogP contribution < -0.4 is 20.9 Å². The fraction of sp³-hybridized carbons (Fsp3) is 0.222. The van der Waals surface area contributed by atoms with Gasteiger partial charge in [-0.1, -0.05) is 74.5 Å². The van der Waals surface area contributed by atoms with E-state index in [1.54, 1.807) is 24.3 Å². The Hall–Kier alpha value is -3.71. The molecule has 0 spiro atoms. The first kappa shape index (κ1) is 24.9. The van der Waals surface area contributed by atoms with E-state index in [0.29, 0.717) is 23.8 Å². The second-order valence-electron chi connectivity index (χ2n) is 8.21. The van der Waals surface area contributed by atoms with Crippen LogP contribution in [0.5, 0.6) is 5.75 Å². The van der Waals surface area contributed by atoms with Crippen molar-refractivity contribution in [3.05, 3.63) is 102 Å². The van der Waals surface area contributed by atoms with E-state index in [0.717, 1.165) is 17.5 Å². The number of ether oxygens (including phenoxy) is 1. The summed E-state index contributed by atoms with van der Waals surface area (Å²) >= 11 is 5.23. The van der Waals surface area contributed by atoms with Crippen LogP contribution >= 0.6 is 12.2 Å². The molecule has 2 amide bonds. The highest BCUT2D eigenvalue weighted by Gasteiger charge is 2.23. The molecule has 3 aromatic carbocycles. The zero-order valence-electron chi connectivity index (χ0n) is 19.3. The molecule has 0 aliphatic carbocycles. The third kappa shape index (κ3) is 7.42. The van der Waals surface area contributed by atoms with Gasteiger partial charge in [0.2, 0.25) is 5.91 Å². The summed E-state index contributed by atoms with van der Waals surface area (Å²) in [6, 6.07) is 25.8. The number of hydrogen-bond acceptors (Lipinski definition) is 4. The first-order valence-electron chi connectivity index (χ1n) is 11.2. The van der Waals surface area contributed by atoms with Gasteiger partial charge < -0.3 is 10.1 Å². The molecule has 0 radical (unpaired) electrons. The van der Waals surface area contributed by atoms with Gasteiger partial charge in [0.05, 0.1) is 12.5 Å². The van der Waals surface area contributed by atoms with Gasteiger partial charge in [0.1, 0.15) is 5.75 Å². The molecule has 6 nitrogen and oxygen atoms in total.